The second-order valence-corrected chi connectivity index (χ2v) is 29.5. The Kier molecular flexibility index (Phi) is 11.5. The summed E-state index contributed by atoms with van der Waals surface area (Å²) in [5.41, 5.74) is 16.2. The Bertz CT molecular complexity index is 9240. The molecule has 0 aliphatic rings. The summed E-state index contributed by atoms with van der Waals surface area (Å²) >= 11 is 0. The molecule has 4 heteroatoms. The van der Waals surface area contributed by atoms with E-state index in [0.29, 0.717) is 66.8 Å². The molecular formula is C112H67NO3. The smallest absolute Gasteiger partial charge is 0.143 e. The standard InChI is InChI=1S/C58H35NO.C54H32O2/c1-3-18-40-36(15-1)17-13-26-44(40)57-47-24-7-5-22-45(47)56(46-23-6-8-25-48(46)57)38-33-37-16-2-4-19-41(37)50(34-38)49-27-14-30-55-58(49)51-35-39(31-32-54(51)60-55)59-52-28-11-9-20-42(52)43-21-10-12-29-53(43)59;1-2-14-33(15-3-1)51-40-19-6-8-21-42(40)52(43-22-9-7-20-41(43)51)36-30-34-16-4-5-17-37(34)46(32-36)44-24-13-27-50-53(44)47-31-35(28-29-49(47)55-50)38-23-12-25-45-39-18-10-11-26-48(39)56-54(38)45/h1-35H;1-32H/i5D,6D,7D,8D,22D,23D,24D,25D;6D,7D,8D,9D,19D,20D,21D,22D. The van der Waals surface area contributed by atoms with Crippen LogP contribution in [0.1, 0.15) is 21.9 Å². The number of para-hydroxylation sites is 4. The SMILES string of the molecule is [2H]c1c([2H])c([2H])c2c(-c3cc(-c4cccc5oc6ccc(-c7cccc8c7oc7ccccc78)cc6c45)c4ccccc4c3)c3c([2H])c([2H])c([2H])c([2H])c3c(-c3ccccc3)c2c1[2H].[2H]c1c([2H])c([2H])c2c(-c3cccc4ccccc34)c3c([2H])c([2H])c([2H])c([2H])c3c(-c3cc(-c4cccc5oc6ccc(-n7c8ccccc8c8ccccc87)cc6c45)c4ccccc4c3)c2c1[2H]. The molecule has 0 spiro atoms. The maximum Gasteiger partial charge on any atom is 0.143 e. The lowest BCUT2D eigenvalue weighted by Crippen LogP contribution is -1.93. The van der Waals surface area contributed by atoms with Gasteiger partial charge in [0.05, 0.1) is 33.0 Å². The lowest BCUT2D eigenvalue weighted by atomic mass is 9.83. The Balaban J connectivity index is 0.000000146. The zero-order chi connectivity index (χ0) is 90.0. The molecule has 538 valence electrons. The largest absolute Gasteiger partial charge is 0.456 e. The summed E-state index contributed by atoms with van der Waals surface area (Å²) in [5.74, 6) is 0. The first-order valence-electron chi connectivity index (χ1n) is 46.5. The molecule has 0 N–H and O–H groups in total. The maximum atomic E-state index is 9.67. The third-order valence-corrected chi connectivity index (χ3v) is 23.3. The number of benzene rings is 21. The first-order chi connectivity index (χ1) is 64.2. The van der Waals surface area contributed by atoms with Gasteiger partial charge in [0.25, 0.3) is 0 Å². The Labute approximate surface area is 688 Å². The van der Waals surface area contributed by atoms with Crippen molar-refractivity contribution in [1.82, 2.24) is 4.57 Å². The molecule has 21 aromatic carbocycles. The number of fused-ring (bicyclic) bond motifs is 19. The average molecular weight is 1490 g/mol. The van der Waals surface area contributed by atoms with Crippen molar-refractivity contribution in [1.29, 1.82) is 0 Å². The molecule has 0 atom stereocenters. The zero-order valence-corrected chi connectivity index (χ0v) is 61.6. The van der Waals surface area contributed by atoms with Crippen molar-refractivity contribution in [2.75, 3.05) is 0 Å². The Hall–Kier alpha value is -15.4. The van der Waals surface area contributed by atoms with Gasteiger partial charge in [0.1, 0.15) is 33.5 Å². The van der Waals surface area contributed by atoms with E-state index >= 15 is 0 Å². The molecule has 0 saturated heterocycles. The highest BCUT2D eigenvalue weighted by molar-refractivity contribution is 6.27. The number of hydrogen-bond acceptors (Lipinski definition) is 3. The fourth-order valence-electron chi connectivity index (χ4n) is 18.4. The van der Waals surface area contributed by atoms with Gasteiger partial charge in [0.2, 0.25) is 0 Å². The maximum absolute atomic E-state index is 9.67. The molecule has 0 fully saturated rings. The van der Waals surface area contributed by atoms with Gasteiger partial charge in [0.15, 0.2) is 0 Å². The van der Waals surface area contributed by atoms with Crippen molar-refractivity contribution < 1.29 is 35.2 Å². The first kappa shape index (κ1) is 51.2. The highest BCUT2D eigenvalue weighted by atomic mass is 16.3. The topological polar surface area (TPSA) is 44.4 Å². The minimum atomic E-state index is -0.442. The van der Waals surface area contributed by atoms with Gasteiger partial charge in [-0.2, -0.15) is 0 Å². The minimum absolute atomic E-state index is 0.167. The summed E-state index contributed by atoms with van der Waals surface area (Å²) in [6.45, 7) is 0. The third-order valence-electron chi connectivity index (χ3n) is 23.3. The van der Waals surface area contributed by atoms with Gasteiger partial charge in [-0.05, 0) is 233 Å². The molecule has 4 nitrogen and oxygen atoms in total. The molecule has 0 bridgehead atoms. The predicted molar refractivity (Wildman–Crippen MR) is 490 cm³/mol. The molecule has 25 rings (SSSR count). The quantitative estimate of drug-likeness (QED) is 0.142. The molecule has 0 amide bonds. The normalized spacial score (nSPS) is 13.9. The van der Waals surface area contributed by atoms with Gasteiger partial charge in [-0.3, -0.25) is 0 Å². The van der Waals surface area contributed by atoms with Crippen molar-refractivity contribution >= 4 is 163 Å². The van der Waals surface area contributed by atoms with Gasteiger partial charge < -0.3 is 17.8 Å². The zero-order valence-electron chi connectivity index (χ0n) is 77.6. The van der Waals surface area contributed by atoms with E-state index in [9.17, 15) is 11.0 Å². The molecule has 25 aromatic rings. The van der Waals surface area contributed by atoms with Crippen LogP contribution in [0.25, 0.3) is 247 Å². The Morgan fingerprint density at radius 2 is 0.578 bits per heavy atom. The molecule has 4 heterocycles. The summed E-state index contributed by atoms with van der Waals surface area (Å²) in [6, 6.07) is 95.6. The van der Waals surface area contributed by atoms with Crippen molar-refractivity contribution in [2.45, 2.75) is 0 Å². The van der Waals surface area contributed by atoms with Crippen LogP contribution in [0.3, 0.4) is 0 Å². The van der Waals surface area contributed by atoms with Gasteiger partial charge in [-0.25, -0.2) is 0 Å². The van der Waals surface area contributed by atoms with E-state index < -0.39 is 48.3 Å². The number of rotatable bonds is 8. The van der Waals surface area contributed by atoms with Crippen LogP contribution >= 0.6 is 0 Å². The van der Waals surface area contributed by atoms with E-state index in [1.807, 2.05) is 188 Å². The fourth-order valence-corrected chi connectivity index (χ4v) is 18.4. The lowest BCUT2D eigenvalue weighted by Gasteiger charge is -2.20. The Morgan fingerprint density at radius 1 is 0.198 bits per heavy atom. The summed E-state index contributed by atoms with van der Waals surface area (Å²) in [7, 11) is 0. The Morgan fingerprint density at radius 3 is 1.13 bits per heavy atom. The number of aromatic nitrogens is 1. The second-order valence-electron chi connectivity index (χ2n) is 29.5. The van der Waals surface area contributed by atoms with Crippen LogP contribution in [0.2, 0.25) is 0 Å². The second kappa shape index (κ2) is 26.1. The number of nitrogens with zero attached hydrogens (tertiary/aromatic N) is 1. The highest BCUT2D eigenvalue weighted by Gasteiger charge is 2.26. The van der Waals surface area contributed by atoms with Crippen LogP contribution in [0.4, 0.5) is 0 Å². The van der Waals surface area contributed by atoms with Crippen molar-refractivity contribution in [3.63, 3.8) is 0 Å². The van der Waals surface area contributed by atoms with Crippen LogP contribution in [0, 0.1) is 0 Å². The predicted octanol–water partition coefficient (Wildman–Crippen LogP) is 31.9. The van der Waals surface area contributed by atoms with Crippen LogP contribution < -0.4 is 0 Å². The van der Waals surface area contributed by atoms with E-state index in [2.05, 4.69) is 102 Å². The van der Waals surface area contributed by atoms with Gasteiger partial charge in [-0.15, -0.1) is 0 Å². The van der Waals surface area contributed by atoms with E-state index in [1.54, 1.807) is 24.3 Å². The van der Waals surface area contributed by atoms with Gasteiger partial charge in [-0.1, -0.05) is 321 Å². The van der Waals surface area contributed by atoms with E-state index in [1.165, 1.54) is 0 Å². The molecule has 0 saturated carbocycles. The minimum Gasteiger partial charge on any atom is -0.456 e. The summed E-state index contributed by atoms with van der Waals surface area (Å²) in [6.07, 6.45) is 0. The van der Waals surface area contributed by atoms with E-state index in [-0.39, 0.29) is 91.4 Å². The molecular weight excluding hydrogens is 1410 g/mol. The first-order valence-corrected chi connectivity index (χ1v) is 38.5. The molecule has 0 unspecified atom stereocenters. The van der Waals surface area contributed by atoms with Crippen LogP contribution in [-0.2, 0) is 0 Å². The molecule has 0 aliphatic heterocycles. The van der Waals surface area contributed by atoms with E-state index in [4.69, 9.17) is 24.2 Å². The fraction of sp³-hybridized carbons (Fsp3) is 0. The average Bonchev–Trinajstić information content (AvgIpc) is 0.947. The van der Waals surface area contributed by atoms with Crippen molar-refractivity contribution in [2.24, 2.45) is 0 Å². The highest BCUT2D eigenvalue weighted by Crippen LogP contribution is 2.52. The van der Waals surface area contributed by atoms with Crippen LogP contribution in [0.5, 0.6) is 0 Å². The molecule has 0 radical (unpaired) electrons. The summed E-state index contributed by atoms with van der Waals surface area (Å²) in [5, 5.41) is 14.4. The third kappa shape index (κ3) is 10.1. The monoisotopic (exact) mass is 1490 g/mol. The van der Waals surface area contributed by atoms with E-state index in [0.717, 1.165) is 137 Å². The molecule has 116 heavy (non-hydrogen) atoms. The summed E-state index contributed by atoms with van der Waals surface area (Å²) < 4.78 is 170. The van der Waals surface area contributed by atoms with Crippen molar-refractivity contribution in [3.8, 4) is 83.6 Å². The van der Waals surface area contributed by atoms with Gasteiger partial charge >= 0.3 is 0 Å². The summed E-state index contributed by atoms with van der Waals surface area (Å²) in [4.78, 5) is 0. The number of furan rings is 3. The van der Waals surface area contributed by atoms with Crippen LogP contribution in [-0.4, -0.2) is 4.57 Å². The lowest BCUT2D eigenvalue weighted by molar-refractivity contribution is 0.668. The van der Waals surface area contributed by atoms with Crippen molar-refractivity contribution in [3.05, 3.63) is 406 Å². The van der Waals surface area contributed by atoms with Crippen LogP contribution in [0.15, 0.2) is 419 Å². The molecule has 0 aliphatic carbocycles. The number of hydrogen-bond donors (Lipinski definition) is 0. The molecule has 4 aromatic heterocycles. The van der Waals surface area contributed by atoms with Gasteiger partial charge in [0, 0.05) is 54.3 Å².